The lowest BCUT2D eigenvalue weighted by Crippen LogP contribution is -2.30. The highest BCUT2D eigenvalue weighted by Crippen LogP contribution is 2.41. The number of aliphatic hydroxyl groups excluding tert-OH is 1. The van der Waals surface area contributed by atoms with E-state index in [2.05, 4.69) is 4.98 Å². The van der Waals surface area contributed by atoms with E-state index in [1.807, 2.05) is 31.2 Å². The number of nitrogens with zero attached hydrogens (tertiary/aromatic N) is 2. The number of aryl methyl sites for hydroxylation is 1. The van der Waals surface area contributed by atoms with Crippen LogP contribution >= 0.6 is 11.6 Å². The molecule has 0 saturated carbocycles. The number of aromatic nitrogens is 1. The number of halogens is 1. The Bertz CT molecular complexity index is 1110. The molecule has 1 fully saturated rings. The van der Waals surface area contributed by atoms with Gasteiger partial charge in [0.25, 0.3) is 5.78 Å². The van der Waals surface area contributed by atoms with Crippen LogP contribution in [0.1, 0.15) is 22.7 Å². The fourth-order valence-electron chi connectivity index (χ4n) is 3.39. The average Bonchev–Trinajstić information content (AvgIpc) is 3.00. The van der Waals surface area contributed by atoms with E-state index in [0.717, 1.165) is 5.56 Å². The molecule has 0 spiro atoms. The van der Waals surface area contributed by atoms with Crippen LogP contribution in [0.4, 0.5) is 5.82 Å². The third-order valence-corrected chi connectivity index (χ3v) is 5.10. The number of amides is 1. The highest BCUT2D eigenvalue weighted by atomic mass is 35.5. The van der Waals surface area contributed by atoms with Gasteiger partial charge in [0.1, 0.15) is 11.6 Å². The van der Waals surface area contributed by atoms with Gasteiger partial charge < -0.3 is 5.11 Å². The molecule has 1 aromatic heterocycles. The molecule has 1 atom stereocenters. The van der Waals surface area contributed by atoms with Crippen molar-refractivity contribution in [3.05, 3.63) is 100 Å². The number of hydrogen-bond donors (Lipinski definition) is 1. The molecule has 2 aromatic carbocycles. The smallest absolute Gasteiger partial charge is 0.301 e. The lowest BCUT2D eigenvalue weighted by Gasteiger charge is -2.24. The summed E-state index contributed by atoms with van der Waals surface area (Å²) in [6, 6.07) is 18.3. The van der Waals surface area contributed by atoms with Crippen molar-refractivity contribution in [2.75, 3.05) is 4.90 Å². The van der Waals surface area contributed by atoms with Crippen LogP contribution in [0.25, 0.3) is 5.76 Å². The van der Waals surface area contributed by atoms with Crippen molar-refractivity contribution in [2.24, 2.45) is 0 Å². The van der Waals surface area contributed by atoms with Crippen LogP contribution in [0.3, 0.4) is 0 Å². The van der Waals surface area contributed by atoms with Crippen LogP contribution in [0, 0.1) is 6.92 Å². The number of Topliss-reactive ketones (excluding diaryl/α,β-unsaturated/α-hetero) is 1. The van der Waals surface area contributed by atoms with Gasteiger partial charge in [-0.3, -0.25) is 14.5 Å². The highest BCUT2D eigenvalue weighted by molar-refractivity contribution is 6.51. The van der Waals surface area contributed by atoms with Crippen molar-refractivity contribution in [3.63, 3.8) is 0 Å². The molecule has 1 N–H and O–H groups in total. The molecule has 1 aliphatic heterocycles. The molecule has 144 valence electrons. The van der Waals surface area contributed by atoms with Gasteiger partial charge in [0.05, 0.1) is 11.6 Å². The van der Waals surface area contributed by atoms with Crippen LogP contribution in [-0.2, 0) is 9.59 Å². The fraction of sp³-hybridized carbons (Fsp3) is 0.0870. The summed E-state index contributed by atoms with van der Waals surface area (Å²) < 4.78 is 0. The number of carbonyl (C=O) groups is 2. The first-order valence-corrected chi connectivity index (χ1v) is 9.39. The second kappa shape index (κ2) is 7.53. The topological polar surface area (TPSA) is 70.5 Å². The summed E-state index contributed by atoms with van der Waals surface area (Å²) in [7, 11) is 0. The Morgan fingerprint density at radius 3 is 2.31 bits per heavy atom. The maximum Gasteiger partial charge on any atom is 0.301 e. The molecule has 2 heterocycles. The van der Waals surface area contributed by atoms with E-state index in [1.54, 1.807) is 48.7 Å². The molecule has 0 aliphatic carbocycles. The lowest BCUT2D eigenvalue weighted by molar-refractivity contribution is -0.132. The van der Waals surface area contributed by atoms with Gasteiger partial charge in [-0.15, -0.1) is 0 Å². The van der Waals surface area contributed by atoms with Crippen LogP contribution in [0.15, 0.2) is 78.5 Å². The normalized spacial score (nSPS) is 18.3. The first kappa shape index (κ1) is 18.9. The quantitative estimate of drug-likeness (QED) is 0.391. The van der Waals surface area contributed by atoms with Crippen molar-refractivity contribution >= 4 is 34.9 Å². The Morgan fingerprint density at radius 2 is 1.69 bits per heavy atom. The minimum absolute atomic E-state index is 0.0202. The molecule has 6 heteroatoms. The Balaban J connectivity index is 1.94. The van der Waals surface area contributed by atoms with Gasteiger partial charge >= 0.3 is 5.91 Å². The number of aliphatic hydroxyl groups is 1. The molecular formula is C23H17ClN2O3. The predicted molar refractivity (Wildman–Crippen MR) is 112 cm³/mol. The van der Waals surface area contributed by atoms with Crippen molar-refractivity contribution in [2.45, 2.75) is 13.0 Å². The van der Waals surface area contributed by atoms with E-state index in [0.29, 0.717) is 22.0 Å². The van der Waals surface area contributed by atoms with Crippen molar-refractivity contribution in [3.8, 4) is 0 Å². The largest absolute Gasteiger partial charge is 0.507 e. The van der Waals surface area contributed by atoms with Crippen molar-refractivity contribution < 1.29 is 14.7 Å². The van der Waals surface area contributed by atoms with E-state index in [1.165, 1.54) is 4.90 Å². The third-order valence-electron chi connectivity index (χ3n) is 4.85. The summed E-state index contributed by atoms with van der Waals surface area (Å²) in [5.74, 6) is -1.39. The van der Waals surface area contributed by atoms with Gasteiger partial charge in [-0.05, 0) is 48.9 Å². The third kappa shape index (κ3) is 3.41. The number of hydrogen-bond acceptors (Lipinski definition) is 4. The fourth-order valence-corrected chi connectivity index (χ4v) is 3.52. The molecule has 0 radical (unpaired) electrons. The first-order chi connectivity index (χ1) is 14.0. The van der Waals surface area contributed by atoms with Gasteiger partial charge in [0, 0.05) is 16.8 Å². The maximum atomic E-state index is 13.0. The predicted octanol–water partition coefficient (Wildman–Crippen LogP) is 4.67. The molecule has 1 amide bonds. The molecule has 1 saturated heterocycles. The molecule has 5 nitrogen and oxygen atoms in total. The molecular weight excluding hydrogens is 388 g/mol. The molecule has 0 bridgehead atoms. The summed E-state index contributed by atoms with van der Waals surface area (Å²) in [4.78, 5) is 31.5. The Labute approximate surface area is 172 Å². The van der Waals surface area contributed by atoms with E-state index in [9.17, 15) is 14.7 Å². The summed E-state index contributed by atoms with van der Waals surface area (Å²) in [5.41, 5.74) is 2.18. The lowest BCUT2D eigenvalue weighted by atomic mass is 9.95. The molecule has 29 heavy (non-hydrogen) atoms. The van der Waals surface area contributed by atoms with E-state index < -0.39 is 17.7 Å². The number of rotatable bonds is 3. The second-order valence-corrected chi connectivity index (χ2v) is 7.21. The number of benzene rings is 2. The van der Waals surface area contributed by atoms with Crippen LogP contribution < -0.4 is 4.90 Å². The second-order valence-electron chi connectivity index (χ2n) is 6.77. The van der Waals surface area contributed by atoms with Gasteiger partial charge in [-0.25, -0.2) is 4.98 Å². The number of anilines is 1. The SMILES string of the molecule is Cc1ccc(C2/C(=C(\O)c3ccc(Cl)cc3)C(=O)C(=O)N2c2ccccn2)cc1. The summed E-state index contributed by atoms with van der Waals surface area (Å²) in [5, 5.41) is 11.5. The average molecular weight is 405 g/mol. The molecule has 1 unspecified atom stereocenters. The van der Waals surface area contributed by atoms with E-state index in [-0.39, 0.29) is 11.3 Å². The van der Waals surface area contributed by atoms with Crippen LogP contribution in [0.5, 0.6) is 0 Å². The van der Waals surface area contributed by atoms with E-state index in [4.69, 9.17) is 11.6 Å². The van der Waals surface area contributed by atoms with Gasteiger partial charge in [0.15, 0.2) is 0 Å². The monoisotopic (exact) mass is 404 g/mol. The standard InChI is InChI=1S/C23H17ClN2O3/c1-14-5-7-15(8-6-14)20-19(21(27)16-9-11-17(24)12-10-16)22(28)23(29)26(20)18-4-2-3-13-25-18/h2-13,20,27H,1H3/b21-19+. The number of pyridine rings is 1. The Morgan fingerprint density at radius 1 is 1.00 bits per heavy atom. The van der Waals surface area contributed by atoms with Crippen LogP contribution in [-0.4, -0.2) is 21.8 Å². The highest BCUT2D eigenvalue weighted by Gasteiger charge is 2.47. The zero-order chi connectivity index (χ0) is 20.5. The summed E-state index contributed by atoms with van der Waals surface area (Å²) in [6.07, 6.45) is 1.56. The number of carbonyl (C=O) groups excluding carboxylic acids is 2. The van der Waals surface area contributed by atoms with E-state index >= 15 is 0 Å². The van der Waals surface area contributed by atoms with Gasteiger partial charge in [0.2, 0.25) is 0 Å². The summed E-state index contributed by atoms with van der Waals surface area (Å²) in [6.45, 7) is 1.95. The minimum atomic E-state index is -0.791. The molecule has 4 rings (SSSR count). The first-order valence-electron chi connectivity index (χ1n) is 9.02. The van der Waals surface area contributed by atoms with Crippen LogP contribution in [0.2, 0.25) is 5.02 Å². The Kier molecular flexibility index (Phi) is 4.91. The van der Waals surface area contributed by atoms with Crippen molar-refractivity contribution in [1.29, 1.82) is 0 Å². The minimum Gasteiger partial charge on any atom is -0.507 e. The van der Waals surface area contributed by atoms with Gasteiger partial charge in [-0.2, -0.15) is 0 Å². The van der Waals surface area contributed by atoms with Gasteiger partial charge in [-0.1, -0.05) is 47.5 Å². The number of ketones is 1. The summed E-state index contributed by atoms with van der Waals surface area (Å²) >= 11 is 5.94. The zero-order valence-corrected chi connectivity index (χ0v) is 16.3. The van der Waals surface area contributed by atoms with Crippen molar-refractivity contribution in [1.82, 2.24) is 4.98 Å². The maximum absolute atomic E-state index is 13.0. The zero-order valence-electron chi connectivity index (χ0n) is 15.5. The Hall–Kier alpha value is -3.44. The molecule has 1 aliphatic rings. The molecule has 3 aromatic rings.